The molecule has 0 heterocycles. The molecule has 1 nitrogen and oxygen atoms in total. The zero-order valence-corrected chi connectivity index (χ0v) is 12.7. The summed E-state index contributed by atoms with van der Waals surface area (Å²) >= 11 is 3.45. The van der Waals surface area contributed by atoms with E-state index in [1.54, 1.807) is 0 Å². The maximum atomic E-state index is 10.1. The standard InChI is InChI=1S/C17H19BrO/c1-13-4-2-5-14(10-13)8-9-17(19)12-15-6-3-7-16(18)11-15/h2-7,10-11,17,19H,8-9,12H2,1H3. The Morgan fingerprint density at radius 1 is 1.05 bits per heavy atom. The van der Waals surface area contributed by atoms with E-state index in [4.69, 9.17) is 0 Å². The Hall–Kier alpha value is -1.12. The Kier molecular flexibility index (Phi) is 5.17. The van der Waals surface area contributed by atoms with E-state index >= 15 is 0 Å². The predicted molar refractivity (Wildman–Crippen MR) is 83.4 cm³/mol. The van der Waals surface area contributed by atoms with Crippen molar-refractivity contribution in [1.82, 2.24) is 0 Å². The number of hydrogen-bond donors (Lipinski definition) is 1. The smallest absolute Gasteiger partial charge is 0.0583 e. The molecule has 2 rings (SSSR count). The number of aryl methyl sites for hydroxylation is 2. The first-order valence-electron chi connectivity index (χ1n) is 6.61. The van der Waals surface area contributed by atoms with Gasteiger partial charge in [0.25, 0.3) is 0 Å². The van der Waals surface area contributed by atoms with Crippen LogP contribution in [-0.2, 0) is 12.8 Å². The van der Waals surface area contributed by atoms with E-state index in [9.17, 15) is 5.11 Å². The molecule has 0 spiro atoms. The minimum absolute atomic E-state index is 0.283. The molecular weight excluding hydrogens is 300 g/mol. The van der Waals surface area contributed by atoms with Gasteiger partial charge in [-0.25, -0.2) is 0 Å². The molecule has 0 aliphatic rings. The molecule has 2 aromatic carbocycles. The second-order valence-corrected chi connectivity index (χ2v) is 5.93. The van der Waals surface area contributed by atoms with Gasteiger partial charge in [-0.3, -0.25) is 0 Å². The van der Waals surface area contributed by atoms with E-state index in [2.05, 4.69) is 59.3 Å². The molecule has 100 valence electrons. The van der Waals surface area contributed by atoms with Gasteiger partial charge in [0.1, 0.15) is 0 Å². The fourth-order valence-corrected chi connectivity index (χ4v) is 2.69. The van der Waals surface area contributed by atoms with Gasteiger partial charge < -0.3 is 5.11 Å². The van der Waals surface area contributed by atoms with E-state index in [1.807, 2.05) is 12.1 Å². The highest BCUT2D eigenvalue weighted by molar-refractivity contribution is 9.10. The maximum absolute atomic E-state index is 10.1. The van der Waals surface area contributed by atoms with Crippen LogP contribution in [0.15, 0.2) is 53.0 Å². The number of halogens is 1. The Labute approximate surface area is 123 Å². The van der Waals surface area contributed by atoms with Crippen molar-refractivity contribution in [3.63, 3.8) is 0 Å². The summed E-state index contributed by atoms with van der Waals surface area (Å²) in [5, 5.41) is 10.1. The van der Waals surface area contributed by atoms with E-state index in [1.165, 1.54) is 16.7 Å². The highest BCUT2D eigenvalue weighted by Gasteiger charge is 2.06. The summed E-state index contributed by atoms with van der Waals surface area (Å²) < 4.78 is 1.07. The molecule has 0 aliphatic heterocycles. The van der Waals surface area contributed by atoms with Crippen LogP contribution in [0.5, 0.6) is 0 Å². The summed E-state index contributed by atoms with van der Waals surface area (Å²) in [4.78, 5) is 0. The van der Waals surface area contributed by atoms with Crippen LogP contribution in [0.1, 0.15) is 23.1 Å². The molecule has 2 aromatic rings. The molecular formula is C17H19BrO. The first-order valence-corrected chi connectivity index (χ1v) is 7.41. The second kappa shape index (κ2) is 6.88. The van der Waals surface area contributed by atoms with Gasteiger partial charge in [0.15, 0.2) is 0 Å². The van der Waals surface area contributed by atoms with Crippen LogP contribution >= 0.6 is 15.9 Å². The SMILES string of the molecule is Cc1cccc(CCC(O)Cc2cccc(Br)c2)c1. The number of aliphatic hydroxyl groups excluding tert-OH is 1. The summed E-state index contributed by atoms with van der Waals surface area (Å²) in [7, 11) is 0. The molecule has 0 amide bonds. The predicted octanol–water partition coefficient (Wildman–Crippen LogP) is 4.29. The summed E-state index contributed by atoms with van der Waals surface area (Å²) in [6, 6.07) is 16.6. The minimum atomic E-state index is -0.283. The van der Waals surface area contributed by atoms with Gasteiger partial charge in [0, 0.05) is 4.47 Å². The summed E-state index contributed by atoms with van der Waals surface area (Å²) in [6.45, 7) is 2.10. The average molecular weight is 319 g/mol. The van der Waals surface area contributed by atoms with Crippen molar-refractivity contribution in [3.05, 3.63) is 69.7 Å². The third kappa shape index (κ3) is 4.81. The van der Waals surface area contributed by atoms with Crippen LogP contribution in [0.3, 0.4) is 0 Å². The van der Waals surface area contributed by atoms with Crippen molar-refractivity contribution in [2.75, 3.05) is 0 Å². The van der Waals surface area contributed by atoms with Crippen LogP contribution in [0.4, 0.5) is 0 Å². The third-order valence-corrected chi connectivity index (χ3v) is 3.70. The Morgan fingerprint density at radius 3 is 2.53 bits per heavy atom. The third-order valence-electron chi connectivity index (χ3n) is 3.21. The minimum Gasteiger partial charge on any atom is -0.393 e. The number of rotatable bonds is 5. The normalized spacial score (nSPS) is 12.4. The molecule has 0 radical (unpaired) electrons. The molecule has 0 aromatic heterocycles. The molecule has 1 unspecified atom stereocenters. The van der Waals surface area contributed by atoms with Gasteiger partial charge in [0.05, 0.1) is 6.10 Å². The lowest BCUT2D eigenvalue weighted by Gasteiger charge is -2.11. The lowest BCUT2D eigenvalue weighted by atomic mass is 10.0. The largest absolute Gasteiger partial charge is 0.393 e. The van der Waals surface area contributed by atoms with Gasteiger partial charge in [0.2, 0.25) is 0 Å². The summed E-state index contributed by atoms with van der Waals surface area (Å²) in [6.07, 6.45) is 2.16. The van der Waals surface area contributed by atoms with Crippen molar-refractivity contribution in [1.29, 1.82) is 0 Å². The van der Waals surface area contributed by atoms with Crippen LogP contribution in [-0.4, -0.2) is 11.2 Å². The van der Waals surface area contributed by atoms with E-state index in [0.29, 0.717) is 6.42 Å². The van der Waals surface area contributed by atoms with Gasteiger partial charge in [-0.15, -0.1) is 0 Å². The van der Waals surface area contributed by atoms with Gasteiger partial charge in [-0.05, 0) is 49.4 Å². The molecule has 1 atom stereocenters. The van der Waals surface area contributed by atoms with Crippen LogP contribution in [0.25, 0.3) is 0 Å². The lowest BCUT2D eigenvalue weighted by molar-refractivity contribution is 0.165. The lowest BCUT2D eigenvalue weighted by Crippen LogP contribution is -2.11. The van der Waals surface area contributed by atoms with Gasteiger partial charge >= 0.3 is 0 Å². The molecule has 19 heavy (non-hydrogen) atoms. The number of aliphatic hydroxyl groups is 1. The quantitative estimate of drug-likeness (QED) is 0.871. The monoisotopic (exact) mass is 318 g/mol. The average Bonchev–Trinajstić information content (AvgIpc) is 2.36. The first kappa shape index (κ1) is 14.3. The zero-order chi connectivity index (χ0) is 13.7. The fraction of sp³-hybridized carbons (Fsp3) is 0.294. The number of hydrogen-bond acceptors (Lipinski definition) is 1. The molecule has 0 fully saturated rings. The summed E-state index contributed by atoms with van der Waals surface area (Å²) in [5.41, 5.74) is 3.75. The van der Waals surface area contributed by atoms with Crippen molar-refractivity contribution in [2.24, 2.45) is 0 Å². The van der Waals surface area contributed by atoms with E-state index in [-0.39, 0.29) is 6.10 Å². The Bertz CT molecular complexity index is 536. The fourth-order valence-electron chi connectivity index (χ4n) is 2.24. The van der Waals surface area contributed by atoms with Crippen LogP contribution in [0, 0.1) is 6.92 Å². The molecule has 0 saturated carbocycles. The van der Waals surface area contributed by atoms with Crippen molar-refractivity contribution in [3.8, 4) is 0 Å². The van der Waals surface area contributed by atoms with Crippen molar-refractivity contribution in [2.45, 2.75) is 32.3 Å². The number of benzene rings is 2. The zero-order valence-electron chi connectivity index (χ0n) is 11.1. The van der Waals surface area contributed by atoms with Gasteiger partial charge in [-0.2, -0.15) is 0 Å². The maximum Gasteiger partial charge on any atom is 0.0583 e. The Morgan fingerprint density at radius 2 is 1.79 bits per heavy atom. The molecule has 0 saturated heterocycles. The van der Waals surface area contributed by atoms with E-state index in [0.717, 1.165) is 17.3 Å². The highest BCUT2D eigenvalue weighted by atomic mass is 79.9. The second-order valence-electron chi connectivity index (χ2n) is 5.02. The first-order chi connectivity index (χ1) is 9.13. The van der Waals surface area contributed by atoms with Crippen molar-refractivity contribution < 1.29 is 5.11 Å². The van der Waals surface area contributed by atoms with E-state index < -0.39 is 0 Å². The summed E-state index contributed by atoms with van der Waals surface area (Å²) in [5.74, 6) is 0. The molecule has 0 aliphatic carbocycles. The van der Waals surface area contributed by atoms with Gasteiger partial charge in [-0.1, -0.05) is 57.9 Å². The topological polar surface area (TPSA) is 20.2 Å². The molecule has 2 heteroatoms. The van der Waals surface area contributed by atoms with Crippen molar-refractivity contribution >= 4 is 15.9 Å². The molecule has 0 bridgehead atoms. The van der Waals surface area contributed by atoms with Crippen LogP contribution in [0.2, 0.25) is 0 Å². The molecule has 1 N–H and O–H groups in total. The Balaban J connectivity index is 1.86. The highest BCUT2D eigenvalue weighted by Crippen LogP contribution is 2.15. The van der Waals surface area contributed by atoms with Crippen LogP contribution < -0.4 is 0 Å².